The first-order valence-corrected chi connectivity index (χ1v) is 11.7. The van der Waals surface area contributed by atoms with Crippen LogP contribution < -0.4 is 0 Å². The van der Waals surface area contributed by atoms with E-state index in [-0.39, 0.29) is 19.2 Å². The highest BCUT2D eigenvalue weighted by Crippen LogP contribution is 2.37. The molecular formula is C21H26Cl2O3S2. The average molecular weight is 461 g/mol. The van der Waals surface area contributed by atoms with Gasteiger partial charge in [-0.25, -0.2) is 0 Å². The highest BCUT2D eigenvalue weighted by molar-refractivity contribution is 7.99. The number of ether oxygens (including phenoxy) is 1. The Bertz CT molecular complexity index is 674. The van der Waals surface area contributed by atoms with Crippen molar-refractivity contribution in [2.24, 2.45) is 11.8 Å². The number of rotatable bonds is 11. The highest BCUT2D eigenvalue weighted by atomic mass is 35.5. The van der Waals surface area contributed by atoms with Crippen molar-refractivity contribution < 1.29 is 14.6 Å². The molecule has 0 heterocycles. The third-order valence-corrected chi connectivity index (χ3v) is 6.76. The molecular weight excluding hydrogens is 435 g/mol. The van der Waals surface area contributed by atoms with Crippen LogP contribution in [-0.4, -0.2) is 34.9 Å². The van der Waals surface area contributed by atoms with E-state index in [0.29, 0.717) is 28.3 Å². The maximum Gasteiger partial charge on any atom is 0.305 e. The molecule has 0 aliphatic heterocycles. The van der Waals surface area contributed by atoms with E-state index in [9.17, 15) is 4.79 Å². The number of hydrogen-bond donors (Lipinski definition) is 1. The van der Waals surface area contributed by atoms with E-state index in [0.717, 1.165) is 42.8 Å². The van der Waals surface area contributed by atoms with Crippen molar-refractivity contribution in [3.8, 4) is 0 Å². The molecule has 0 saturated heterocycles. The summed E-state index contributed by atoms with van der Waals surface area (Å²) in [6, 6.07) is 5.63. The summed E-state index contributed by atoms with van der Waals surface area (Å²) in [4.78, 5) is 13.6. The average Bonchev–Trinajstić information content (AvgIpc) is 3.00. The lowest BCUT2D eigenvalue weighted by Gasteiger charge is -2.18. The second kappa shape index (κ2) is 12.9. The molecule has 0 spiro atoms. The number of unbranched alkanes of at least 4 members (excludes halogenated alkanes) is 1. The standard InChI is InChI=1S/C21H26Cl2O3S2/c22-16-11-17(23)13-18(12-16)28-14-19-15(7-8-20(19)27)5-3-1-2-4-6-21(25)26-10-9-24/h1,3,11-13,15,19,24H,2,4-10,14H2/b3-1-/t15-,19+/m0/s1. The van der Waals surface area contributed by atoms with Crippen LogP contribution in [0.15, 0.2) is 35.2 Å². The number of aliphatic hydroxyl groups is 1. The Morgan fingerprint density at radius 3 is 2.75 bits per heavy atom. The molecule has 0 radical (unpaired) electrons. The number of aliphatic hydroxyl groups excluding tert-OH is 1. The number of benzene rings is 1. The predicted molar refractivity (Wildman–Crippen MR) is 122 cm³/mol. The fraction of sp³-hybridized carbons (Fsp3) is 0.524. The van der Waals surface area contributed by atoms with E-state index >= 15 is 0 Å². The SMILES string of the molecule is O=C(CCC/C=C\C[C@H]1CCC(=S)[C@@H]1CSc1cc(Cl)cc(Cl)c1)OCCO. The molecule has 0 aromatic heterocycles. The molecule has 1 saturated carbocycles. The summed E-state index contributed by atoms with van der Waals surface area (Å²) in [5, 5.41) is 9.93. The third kappa shape index (κ3) is 8.42. The van der Waals surface area contributed by atoms with Crippen LogP contribution in [0.1, 0.15) is 38.5 Å². The van der Waals surface area contributed by atoms with Crippen LogP contribution in [-0.2, 0) is 9.53 Å². The zero-order valence-electron chi connectivity index (χ0n) is 15.7. The second-order valence-corrected chi connectivity index (χ2v) is 9.32. The van der Waals surface area contributed by atoms with Crippen LogP contribution in [0.25, 0.3) is 0 Å². The van der Waals surface area contributed by atoms with Crippen molar-refractivity contribution in [1.82, 2.24) is 0 Å². The second-order valence-electron chi connectivity index (χ2n) is 6.83. The van der Waals surface area contributed by atoms with Crippen LogP contribution in [0, 0.1) is 11.8 Å². The molecule has 0 unspecified atom stereocenters. The van der Waals surface area contributed by atoms with Crippen LogP contribution >= 0.6 is 47.2 Å². The van der Waals surface area contributed by atoms with Gasteiger partial charge in [-0.3, -0.25) is 4.79 Å². The van der Waals surface area contributed by atoms with E-state index in [1.54, 1.807) is 17.8 Å². The quantitative estimate of drug-likeness (QED) is 0.141. The molecule has 28 heavy (non-hydrogen) atoms. The molecule has 1 aromatic rings. The first kappa shape index (κ1) is 23.7. The summed E-state index contributed by atoms with van der Waals surface area (Å²) in [5.41, 5.74) is 0. The number of halogens is 2. The summed E-state index contributed by atoms with van der Waals surface area (Å²) in [6.07, 6.45) is 9.53. The molecule has 1 aliphatic rings. The van der Waals surface area contributed by atoms with Crippen molar-refractivity contribution in [2.45, 2.75) is 43.4 Å². The maximum atomic E-state index is 11.4. The number of carbonyl (C=O) groups is 1. The van der Waals surface area contributed by atoms with Crippen LogP contribution in [0.3, 0.4) is 0 Å². The Morgan fingerprint density at radius 2 is 2.04 bits per heavy atom. The lowest BCUT2D eigenvalue weighted by atomic mass is 9.94. The van der Waals surface area contributed by atoms with Gasteiger partial charge in [0.15, 0.2) is 0 Å². The summed E-state index contributed by atoms with van der Waals surface area (Å²) >= 11 is 19.5. The molecule has 1 aliphatic carbocycles. The Labute approximate surface area is 186 Å². The minimum absolute atomic E-state index is 0.0804. The summed E-state index contributed by atoms with van der Waals surface area (Å²) in [7, 11) is 0. The van der Waals surface area contributed by atoms with Crippen LogP contribution in [0.5, 0.6) is 0 Å². The van der Waals surface area contributed by atoms with Crippen molar-refractivity contribution >= 4 is 58.0 Å². The van der Waals surface area contributed by atoms with Crippen molar-refractivity contribution in [2.75, 3.05) is 19.0 Å². The Hall–Kier alpha value is -0.590. The molecule has 0 bridgehead atoms. The smallest absolute Gasteiger partial charge is 0.305 e. The van der Waals surface area contributed by atoms with Gasteiger partial charge in [-0.05, 0) is 61.1 Å². The van der Waals surface area contributed by atoms with Gasteiger partial charge in [-0.15, -0.1) is 11.8 Å². The lowest BCUT2D eigenvalue weighted by Crippen LogP contribution is -2.15. The minimum Gasteiger partial charge on any atom is -0.463 e. The van der Waals surface area contributed by atoms with Gasteiger partial charge in [0, 0.05) is 33.0 Å². The number of thiocarbonyl (C=S) groups is 1. The van der Waals surface area contributed by atoms with Gasteiger partial charge >= 0.3 is 5.97 Å². The molecule has 1 fully saturated rings. The lowest BCUT2D eigenvalue weighted by molar-refractivity contribution is -0.144. The van der Waals surface area contributed by atoms with Gasteiger partial charge in [0.25, 0.3) is 0 Å². The molecule has 3 nitrogen and oxygen atoms in total. The van der Waals surface area contributed by atoms with E-state index < -0.39 is 0 Å². The number of hydrogen-bond acceptors (Lipinski definition) is 5. The van der Waals surface area contributed by atoms with E-state index in [1.165, 1.54) is 4.86 Å². The largest absolute Gasteiger partial charge is 0.463 e. The number of thioether (sulfide) groups is 1. The molecule has 0 amide bonds. The monoisotopic (exact) mass is 460 g/mol. The number of carbonyl (C=O) groups excluding carboxylic acids is 1. The van der Waals surface area contributed by atoms with Gasteiger partial charge < -0.3 is 9.84 Å². The fourth-order valence-corrected chi connectivity index (χ4v) is 5.69. The Kier molecular flexibility index (Phi) is 10.9. The van der Waals surface area contributed by atoms with Gasteiger partial charge in [-0.1, -0.05) is 47.6 Å². The zero-order valence-corrected chi connectivity index (χ0v) is 18.9. The summed E-state index contributed by atoms with van der Waals surface area (Å²) in [5.74, 6) is 1.70. The van der Waals surface area contributed by atoms with Gasteiger partial charge in [-0.2, -0.15) is 0 Å². The van der Waals surface area contributed by atoms with Crippen molar-refractivity contribution in [3.63, 3.8) is 0 Å². The predicted octanol–water partition coefficient (Wildman–Crippen LogP) is 6.13. The van der Waals surface area contributed by atoms with Crippen LogP contribution in [0.4, 0.5) is 0 Å². The maximum absolute atomic E-state index is 11.4. The zero-order chi connectivity index (χ0) is 20.4. The highest BCUT2D eigenvalue weighted by Gasteiger charge is 2.30. The van der Waals surface area contributed by atoms with Crippen molar-refractivity contribution in [3.05, 3.63) is 40.4 Å². The molecule has 1 N–H and O–H groups in total. The Morgan fingerprint density at radius 1 is 1.29 bits per heavy atom. The number of allylic oxidation sites excluding steroid dienone is 2. The van der Waals surface area contributed by atoms with E-state index in [1.807, 2.05) is 12.1 Å². The normalized spacial score (nSPS) is 19.5. The van der Waals surface area contributed by atoms with E-state index in [4.69, 9.17) is 45.3 Å². The Balaban J connectivity index is 1.73. The van der Waals surface area contributed by atoms with Gasteiger partial charge in [0.05, 0.1) is 6.61 Å². The van der Waals surface area contributed by atoms with E-state index in [2.05, 4.69) is 12.2 Å². The summed E-state index contributed by atoms with van der Waals surface area (Å²) in [6.45, 7) is -0.0459. The molecule has 154 valence electrons. The molecule has 7 heteroatoms. The van der Waals surface area contributed by atoms with Crippen molar-refractivity contribution in [1.29, 1.82) is 0 Å². The molecule has 2 atom stereocenters. The topological polar surface area (TPSA) is 46.5 Å². The third-order valence-electron chi connectivity index (χ3n) is 4.72. The molecule has 2 rings (SSSR count). The van der Waals surface area contributed by atoms with Gasteiger partial charge in [0.1, 0.15) is 6.61 Å². The minimum atomic E-state index is -0.248. The summed E-state index contributed by atoms with van der Waals surface area (Å²) < 4.78 is 4.84. The number of esters is 1. The fourth-order valence-electron chi connectivity index (χ4n) is 3.27. The molecule has 1 aromatic carbocycles. The van der Waals surface area contributed by atoms with Gasteiger partial charge in [0.2, 0.25) is 0 Å². The van der Waals surface area contributed by atoms with Crippen LogP contribution in [0.2, 0.25) is 10.0 Å². The first-order chi connectivity index (χ1) is 13.5. The first-order valence-electron chi connectivity index (χ1n) is 9.52.